The highest BCUT2D eigenvalue weighted by Crippen LogP contribution is 2.28. The number of piperidine rings is 1. The van der Waals surface area contributed by atoms with E-state index in [2.05, 4.69) is 44.9 Å². The Morgan fingerprint density at radius 1 is 0.823 bits per heavy atom. The number of benzene rings is 5. The van der Waals surface area contributed by atoms with Crippen LogP contribution >= 0.6 is 0 Å². The maximum Gasteiger partial charge on any atom is 0.411 e. The number of fused-ring (bicyclic) bond motifs is 1. The van der Waals surface area contributed by atoms with Gasteiger partial charge in [0.1, 0.15) is 11.9 Å². The quantitative estimate of drug-likeness (QED) is 0.0670. The van der Waals surface area contributed by atoms with Gasteiger partial charge in [-0.3, -0.25) is 19.7 Å². The predicted octanol–water partition coefficient (Wildman–Crippen LogP) is 7.55. The van der Waals surface area contributed by atoms with Crippen molar-refractivity contribution in [3.63, 3.8) is 0 Å². The second kappa shape index (κ2) is 20.7. The average molecular weight is 835 g/mol. The maximum atomic E-state index is 13.1. The number of rotatable bonds is 16. The number of hydrogen-bond acceptors (Lipinski definition) is 8. The van der Waals surface area contributed by atoms with E-state index in [0.29, 0.717) is 50.1 Å². The summed E-state index contributed by atoms with van der Waals surface area (Å²) in [6, 6.07) is 40.1. The smallest absolute Gasteiger partial charge is 0.411 e. The number of ether oxygens (including phenoxy) is 1. The Labute approximate surface area is 361 Å². The number of aromatic hydroxyl groups is 1. The second-order valence-electron chi connectivity index (χ2n) is 16.0. The first-order chi connectivity index (χ1) is 30.1. The lowest BCUT2D eigenvalue weighted by atomic mass is 10.0. The van der Waals surface area contributed by atoms with Crippen LogP contribution in [0.25, 0.3) is 22.0 Å². The molecule has 1 saturated heterocycles. The summed E-state index contributed by atoms with van der Waals surface area (Å²) in [4.78, 5) is 57.1. The number of phenols is 1. The van der Waals surface area contributed by atoms with Gasteiger partial charge in [-0.1, -0.05) is 91.0 Å². The SMILES string of the molecule is CC(Cc1ccc(CNC(=O)Cc2ccc(N(C)C(=O)CCN3CCC(OC(=O)Nc4ccccc4-c4ccccc4)CC3)cc2)cc1)NCc1ccc(O)c2[nH]c(=O)ccc12. The van der Waals surface area contributed by atoms with Gasteiger partial charge in [0.15, 0.2) is 0 Å². The number of aromatic nitrogens is 1. The molecule has 62 heavy (non-hydrogen) atoms. The van der Waals surface area contributed by atoms with Crippen molar-refractivity contribution in [3.8, 4) is 16.9 Å². The van der Waals surface area contributed by atoms with E-state index in [-0.39, 0.29) is 41.7 Å². The van der Waals surface area contributed by atoms with Crippen molar-refractivity contribution in [3.05, 3.63) is 160 Å². The molecule has 2 heterocycles. The lowest BCUT2D eigenvalue weighted by Crippen LogP contribution is -2.40. The molecule has 1 aromatic heterocycles. The minimum absolute atomic E-state index is 0.00411. The summed E-state index contributed by atoms with van der Waals surface area (Å²) in [7, 11) is 1.77. The van der Waals surface area contributed by atoms with Crippen LogP contribution in [0.5, 0.6) is 5.75 Å². The number of phenolic OH excluding ortho intramolecular Hbond substituents is 1. The largest absolute Gasteiger partial charge is 0.506 e. The van der Waals surface area contributed by atoms with Gasteiger partial charge >= 0.3 is 6.09 Å². The van der Waals surface area contributed by atoms with Gasteiger partial charge in [0, 0.05) is 74.9 Å². The molecular formula is C50H54N6O6. The highest BCUT2D eigenvalue weighted by Gasteiger charge is 2.24. The molecule has 5 N–H and O–H groups in total. The number of para-hydroxylation sites is 1. The Balaban J connectivity index is 0.779. The molecule has 0 bridgehead atoms. The number of amides is 3. The molecule has 0 spiro atoms. The minimum atomic E-state index is -0.464. The number of aromatic amines is 1. The first-order valence-corrected chi connectivity index (χ1v) is 21.2. The van der Waals surface area contributed by atoms with Crippen molar-refractivity contribution in [2.75, 3.05) is 36.9 Å². The number of carbonyl (C=O) groups excluding carboxylic acids is 3. The summed E-state index contributed by atoms with van der Waals surface area (Å²) < 4.78 is 5.78. The van der Waals surface area contributed by atoms with Crippen molar-refractivity contribution < 1.29 is 24.2 Å². The normalized spacial score (nSPS) is 13.6. The van der Waals surface area contributed by atoms with Crippen molar-refractivity contribution in [2.45, 2.75) is 64.3 Å². The number of nitrogens with one attached hydrogen (secondary N) is 4. The van der Waals surface area contributed by atoms with E-state index in [1.54, 1.807) is 24.1 Å². The lowest BCUT2D eigenvalue weighted by Gasteiger charge is -2.31. The molecular weight excluding hydrogens is 781 g/mol. The van der Waals surface area contributed by atoms with Gasteiger partial charge in [0.25, 0.3) is 0 Å². The first kappa shape index (κ1) is 43.3. The number of pyridine rings is 1. The van der Waals surface area contributed by atoms with E-state index in [1.165, 1.54) is 11.6 Å². The molecule has 0 saturated carbocycles. The standard InChI is InChI=1S/C50H54N6O6/c1-34(51-33-39-18-22-45(57)49-43(39)21-23-46(58)54-49)30-35-12-14-37(15-13-35)32-52-47(59)31-36-16-19-40(20-17-36)55(2)48(60)26-29-56-27-24-41(25-28-56)62-50(61)53-44-11-7-6-10-42(44)38-8-4-3-5-9-38/h3-23,34,41,51,57H,24-33H2,1-2H3,(H,52,59)(H,53,61)(H,54,58). The van der Waals surface area contributed by atoms with Crippen LogP contribution in [0, 0.1) is 0 Å². The van der Waals surface area contributed by atoms with Crippen LogP contribution in [-0.2, 0) is 40.3 Å². The van der Waals surface area contributed by atoms with E-state index < -0.39 is 6.09 Å². The molecule has 1 atom stereocenters. The van der Waals surface area contributed by atoms with E-state index in [0.717, 1.165) is 58.4 Å². The van der Waals surface area contributed by atoms with Gasteiger partial charge in [-0.15, -0.1) is 0 Å². The van der Waals surface area contributed by atoms with Gasteiger partial charge in [0.05, 0.1) is 17.6 Å². The molecule has 6 aromatic rings. The topological polar surface area (TPSA) is 156 Å². The van der Waals surface area contributed by atoms with Crippen LogP contribution in [0.2, 0.25) is 0 Å². The van der Waals surface area contributed by atoms with Crippen LogP contribution < -0.4 is 26.4 Å². The molecule has 1 aliphatic heterocycles. The minimum Gasteiger partial charge on any atom is -0.506 e. The Kier molecular flexibility index (Phi) is 14.4. The summed E-state index contributed by atoms with van der Waals surface area (Å²) in [5.74, 6) is -0.0311. The third-order valence-corrected chi connectivity index (χ3v) is 11.4. The Morgan fingerprint density at radius 2 is 1.52 bits per heavy atom. The summed E-state index contributed by atoms with van der Waals surface area (Å²) in [5.41, 5.74) is 7.62. The fourth-order valence-electron chi connectivity index (χ4n) is 7.81. The average Bonchev–Trinajstić information content (AvgIpc) is 3.29. The Morgan fingerprint density at radius 3 is 2.27 bits per heavy atom. The van der Waals surface area contributed by atoms with Gasteiger partial charge in [0.2, 0.25) is 17.4 Å². The number of carbonyl (C=O) groups is 3. The van der Waals surface area contributed by atoms with Crippen molar-refractivity contribution in [1.29, 1.82) is 0 Å². The van der Waals surface area contributed by atoms with Crippen LogP contribution in [-0.4, -0.2) is 71.7 Å². The van der Waals surface area contributed by atoms with Gasteiger partial charge in [-0.05, 0) is 84.3 Å². The molecule has 0 aliphatic carbocycles. The van der Waals surface area contributed by atoms with E-state index in [9.17, 15) is 24.3 Å². The molecule has 7 rings (SSSR count). The van der Waals surface area contributed by atoms with Gasteiger partial charge in [-0.2, -0.15) is 0 Å². The fraction of sp³-hybridized carbons (Fsp3) is 0.280. The number of anilines is 2. The van der Waals surface area contributed by atoms with Crippen LogP contribution in [0.15, 0.2) is 132 Å². The van der Waals surface area contributed by atoms with Crippen molar-refractivity contribution >= 4 is 40.2 Å². The second-order valence-corrected chi connectivity index (χ2v) is 16.0. The molecule has 12 heteroatoms. The number of nitrogens with zero attached hydrogens (tertiary/aromatic N) is 2. The molecule has 3 amide bonds. The Bertz CT molecular complexity index is 2520. The zero-order valence-electron chi connectivity index (χ0n) is 35.2. The third-order valence-electron chi connectivity index (χ3n) is 11.4. The fourth-order valence-corrected chi connectivity index (χ4v) is 7.81. The van der Waals surface area contributed by atoms with E-state index in [4.69, 9.17) is 4.74 Å². The highest BCUT2D eigenvalue weighted by molar-refractivity contribution is 5.93. The monoisotopic (exact) mass is 834 g/mol. The van der Waals surface area contributed by atoms with Crippen LogP contribution in [0.3, 0.4) is 0 Å². The zero-order valence-corrected chi connectivity index (χ0v) is 35.2. The van der Waals surface area contributed by atoms with Crippen molar-refractivity contribution in [1.82, 2.24) is 20.5 Å². The maximum absolute atomic E-state index is 13.1. The van der Waals surface area contributed by atoms with Crippen LogP contribution in [0.1, 0.15) is 48.4 Å². The van der Waals surface area contributed by atoms with Crippen molar-refractivity contribution in [2.24, 2.45) is 0 Å². The molecule has 12 nitrogen and oxygen atoms in total. The number of H-pyrrole nitrogens is 1. The van der Waals surface area contributed by atoms with Gasteiger partial charge in [-0.25, -0.2) is 4.79 Å². The van der Waals surface area contributed by atoms with Crippen LogP contribution in [0.4, 0.5) is 16.2 Å². The third kappa shape index (κ3) is 11.7. The molecule has 1 fully saturated rings. The number of likely N-dealkylation sites (tertiary alicyclic amines) is 1. The lowest BCUT2D eigenvalue weighted by molar-refractivity contribution is -0.120. The van der Waals surface area contributed by atoms with E-state index >= 15 is 0 Å². The molecule has 320 valence electrons. The zero-order chi connectivity index (χ0) is 43.4. The predicted molar refractivity (Wildman–Crippen MR) is 244 cm³/mol. The van der Waals surface area contributed by atoms with E-state index in [1.807, 2.05) is 97.1 Å². The van der Waals surface area contributed by atoms with Gasteiger partial charge < -0.3 is 35.3 Å². The molecule has 0 radical (unpaired) electrons. The molecule has 1 aliphatic rings. The molecule has 5 aromatic carbocycles. The summed E-state index contributed by atoms with van der Waals surface area (Å²) in [5, 5.41) is 20.4. The summed E-state index contributed by atoms with van der Waals surface area (Å²) >= 11 is 0. The summed E-state index contributed by atoms with van der Waals surface area (Å²) in [6.45, 7) is 5.22. The highest BCUT2D eigenvalue weighted by atomic mass is 16.6. The summed E-state index contributed by atoms with van der Waals surface area (Å²) in [6.07, 6.45) is 2.15. The number of hydrogen-bond donors (Lipinski definition) is 5. The Hall–Kier alpha value is -6.76. The molecule has 1 unspecified atom stereocenters. The first-order valence-electron chi connectivity index (χ1n) is 21.2.